The third kappa shape index (κ3) is 3.36. The molecule has 0 saturated heterocycles. The molecule has 4 rings (SSSR count). The van der Waals surface area contributed by atoms with Crippen LogP contribution < -0.4 is 10.1 Å². The van der Waals surface area contributed by atoms with Crippen molar-refractivity contribution in [3.05, 3.63) is 70.9 Å². The normalized spacial score (nSPS) is 11.0. The zero-order valence-corrected chi connectivity index (χ0v) is 17.0. The molecule has 7 nitrogen and oxygen atoms in total. The summed E-state index contributed by atoms with van der Waals surface area (Å²) in [5.74, 6) is -0.183. The van der Waals surface area contributed by atoms with E-state index in [2.05, 4.69) is 20.6 Å². The lowest BCUT2D eigenvalue weighted by atomic mass is 10.1. The number of aromatic nitrogens is 4. The summed E-state index contributed by atoms with van der Waals surface area (Å²) in [4.78, 5) is 12.9. The van der Waals surface area contributed by atoms with Crippen LogP contribution in [0, 0.1) is 26.6 Å². The number of ether oxygens (including phenoxy) is 1. The first-order chi connectivity index (χ1) is 14.4. The second-order valence-electron chi connectivity index (χ2n) is 6.99. The maximum atomic E-state index is 13.3. The van der Waals surface area contributed by atoms with E-state index in [1.807, 2.05) is 26.0 Å². The topological polar surface area (TPSA) is 81.4 Å². The molecule has 2 heterocycles. The van der Waals surface area contributed by atoms with Gasteiger partial charge >= 0.3 is 0 Å². The van der Waals surface area contributed by atoms with E-state index in [0.29, 0.717) is 28.5 Å². The van der Waals surface area contributed by atoms with Gasteiger partial charge in [0.15, 0.2) is 11.3 Å². The van der Waals surface area contributed by atoms with Crippen LogP contribution in [0.15, 0.2) is 42.5 Å². The first-order valence-electron chi connectivity index (χ1n) is 9.33. The summed E-state index contributed by atoms with van der Waals surface area (Å²) in [6.45, 7) is 5.52. The van der Waals surface area contributed by atoms with Crippen LogP contribution in [0.4, 0.5) is 10.1 Å². The maximum absolute atomic E-state index is 13.3. The number of carbonyl (C=O) groups is 1. The molecule has 152 valence electrons. The van der Waals surface area contributed by atoms with Crippen molar-refractivity contribution in [1.29, 1.82) is 0 Å². The van der Waals surface area contributed by atoms with Gasteiger partial charge in [-0.2, -0.15) is 5.10 Å². The average Bonchev–Trinajstić information content (AvgIpc) is 3.06. The van der Waals surface area contributed by atoms with Gasteiger partial charge in [0.1, 0.15) is 11.6 Å². The lowest BCUT2D eigenvalue weighted by Crippen LogP contribution is -2.19. The van der Waals surface area contributed by atoms with E-state index in [9.17, 15) is 9.18 Å². The quantitative estimate of drug-likeness (QED) is 0.552. The zero-order chi connectivity index (χ0) is 21.4. The van der Waals surface area contributed by atoms with Crippen LogP contribution in [-0.4, -0.2) is 32.8 Å². The number of benzene rings is 2. The third-order valence-corrected chi connectivity index (χ3v) is 4.89. The van der Waals surface area contributed by atoms with Crippen LogP contribution in [0.5, 0.6) is 5.75 Å². The van der Waals surface area contributed by atoms with Crippen LogP contribution in [0.1, 0.15) is 27.4 Å². The Morgan fingerprint density at radius 1 is 1.07 bits per heavy atom. The number of carbonyl (C=O) groups excluding carboxylic acids is 1. The molecular weight excluding hydrogens is 385 g/mol. The molecular formula is C22H20FN5O2. The summed E-state index contributed by atoms with van der Waals surface area (Å²) < 4.78 is 20.2. The first-order valence-corrected chi connectivity index (χ1v) is 9.33. The summed E-state index contributed by atoms with van der Waals surface area (Å²) in [7, 11) is 1.54. The van der Waals surface area contributed by atoms with Gasteiger partial charge in [-0.1, -0.05) is 18.2 Å². The monoisotopic (exact) mass is 405 g/mol. The van der Waals surface area contributed by atoms with Crippen molar-refractivity contribution >= 4 is 17.2 Å². The van der Waals surface area contributed by atoms with Gasteiger partial charge in [-0.05, 0) is 56.2 Å². The van der Waals surface area contributed by atoms with Gasteiger partial charge in [0, 0.05) is 0 Å². The Labute approximate surface area is 172 Å². The molecule has 0 unspecified atom stereocenters. The number of halogens is 1. The molecule has 0 aliphatic rings. The number of nitrogens with zero attached hydrogens (tertiary/aromatic N) is 4. The second-order valence-corrected chi connectivity index (χ2v) is 6.99. The van der Waals surface area contributed by atoms with E-state index in [1.165, 1.54) is 12.1 Å². The van der Waals surface area contributed by atoms with Crippen molar-refractivity contribution in [2.75, 3.05) is 12.4 Å². The summed E-state index contributed by atoms with van der Waals surface area (Å²) in [5.41, 5.74) is 4.96. The standard InChI is InChI=1S/C22H20FN5O2/c1-12-5-10-18(30-4)17(11-12)24-22(29)20-14(3)28-21(26-25-20)19(13(2)27-28)15-6-8-16(23)9-7-15/h5-11H,1-4H3,(H,24,29). The fourth-order valence-corrected chi connectivity index (χ4v) is 3.38. The highest BCUT2D eigenvalue weighted by Gasteiger charge is 2.21. The van der Waals surface area contributed by atoms with E-state index in [4.69, 9.17) is 4.74 Å². The number of rotatable bonds is 4. The van der Waals surface area contributed by atoms with Crippen molar-refractivity contribution in [3.8, 4) is 16.9 Å². The molecule has 2 aromatic carbocycles. The van der Waals surface area contributed by atoms with E-state index in [-0.39, 0.29) is 11.5 Å². The highest BCUT2D eigenvalue weighted by Crippen LogP contribution is 2.29. The van der Waals surface area contributed by atoms with Crippen molar-refractivity contribution in [2.24, 2.45) is 0 Å². The van der Waals surface area contributed by atoms with Gasteiger partial charge < -0.3 is 10.1 Å². The minimum atomic E-state index is -0.415. The minimum Gasteiger partial charge on any atom is -0.495 e. The lowest BCUT2D eigenvalue weighted by Gasteiger charge is -2.11. The first kappa shape index (κ1) is 19.5. The molecule has 0 bridgehead atoms. The van der Waals surface area contributed by atoms with Gasteiger partial charge in [0.05, 0.1) is 29.7 Å². The van der Waals surface area contributed by atoms with Crippen LogP contribution in [-0.2, 0) is 0 Å². The van der Waals surface area contributed by atoms with Gasteiger partial charge in [-0.3, -0.25) is 4.79 Å². The number of anilines is 1. The predicted octanol–water partition coefficient (Wildman–Crippen LogP) is 4.12. The number of fused-ring (bicyclic) bond motifs is 1. The Kier molecular flexibility index (Phi) is 4.91. The molecule has 0 atom stereocenters. The summed E-state index contributed by atoms with van der Waals surface area (Å²) in [5, 5.41) is 15.8. The number of aryl methyl sites for hydroxylation is 3. The molecule has 1 amide bonds. The van der Waals surface area contributed by atoms with Crippen LogP contribution >= 0.6 is 0 Å². The molecule has 0 aliphatic heterocycles. The van der Waals surface area contributed by atoms with Gasteiger partial charge in [-0.25, -0.2) is 8.91 Å². The van der Waals surface area contributed by atoms with Gasteiger partial charge in [0.2, 0.25) is 0 Å². The molecule has 4 aromatic rings. The number of amides is 1. The Morgan fingerprint density at radius 3 is 2.50 bits per heavy atom. The number of hydrogen-bond donors (Lipinski definition) is 1. The zero-order valence-electron chi connectivity index (χ0n) is 17.0. The van der Waals surface area contributed by atoms with Crippen LogP contribution in [0.25, 0.3) is 16.8 Å². The highest BCUT2D eigenvalue weighted by atomic mass is 19.1. The van der Waals surface area contributed by atoms with Crippen molar-refractivity contribution in [1.82, 2.24) is 19.8 Å². The summed E-state index contributed by atoms with van der Waals surface area (Å²) in [6.07, 6.45) is 0. The highest BCUT2D eigenvalue weighted by molar-refractivity contribution is 6.04. The van der Waals surface area contributed by atoms with Crippen molar-refractivity contribution in [3.63, 3.8) is 0 Å². The predicted molar refractivity (Wildman–Crippen MR) is 111 cm³/mol. The lowest BCUT2D eigenvalue weighted by molar-refractivity contribution is 0.101. The Hall–Kier alpha value is -3.81. The van der Waals surface area contributed by atoms with E-state index in [1.54, 1.807) is 36.7 Å². The Balaban J connectivity index is 1.75. The molecule has 8 heteroatoms. The molecule has 0 saturated carbocycles. The molecule has 1 N–H and O–H groups in total. The average molecular weight is 405 g/mol. The largest absolute Gasteiger partial charge is 0.495 e. The van der Waals surface area contributed by atoms with Crippen LogP contribution in [0.2, 0.25) is 0 Å². The summed E-state index contributed by atoms with van der Waals surface area (Å²) >= 11 is 0. The van der Waals surface area contributed by atoms with Crippen LogP contribution in [0.3, 0.4) is 0 Å². The molecule has 2 aromatic heterocycles. The SMILES string of the molecule is COc1ccc(C)cc1NC(=O)c1nnc2c(-c3ccc(F)cc3)c(C)nn2c1C. The fraction of sp³-hybridized carbons (Fsp3) is 0.182. The van der Waals surface area contributed by atoms with Gasteiger partial charge in [-0.15, -0.1) is 10.2 Å². The Morgan fingerprint density at radius 2 is 1.80 bits per heavy atom. The Bertz CT molecular complexity index is 1260. The van der Waals surface area contributed by atoms with E-state index < -0.39 is 5.91 Å². The maximum Gasteiger partial charge on any atom is 0.278 e. The fourth-order valence-electron chi connectivity index (χ4n) is 3.38. The third-order valence-electron chi connectivity index (χ3n) is 4.89. The smallest absolute Gasteiger partial charge is 0.278 e. The minimum absolute atomic E-state index is 0.152. The molecule has 0 spiro atoms. The second kappa shape index (κ2) is 7.55. The van der Waals surface area contributed by atoms with Gasteiger partial charge in [0.25, 0.3) is 5.91 Å². The van der Waals surface area contributed by atoms with E-state index >= 15 is 0 Å². The number of nitrogens with one attached hydrogen (secondary N) is 1. The van der Waals surface area contributed by atoms with Crippen molar-refractivity contribution in [2.45, 2.75) is 20.8 Å². The molecule has 0 aliphatic carbocycles. The van der Waals surface area contributed by atoms with Crippen molar-refractivity contribution < 1.29 is 13.9 Å². The molecule has 30 heavy (non-hydrogen) atoms. The van der Waals surface area contributed by atoms with E-state index in [0.717, 1.165) is 16.7 Å². The number of methoxy groups -OCH3 is 1. The molecule has 0 radical (unpaired) electrons. The summed E-state index contributed by atoms with van der Waals surface area (Å²) in [6, 6.07) is 11.6. The number of hydrogen-bond acceptors (Lipinski definition) is 5. The molecule has 0 fully saturated rings.